The van der Waals surface area contributed by atoms with Crippen molar-refractivity contribution in [3.05, 3.63) is 35.4 Å². The average Bonchev–Trinajstić information content (AvgIpc) is 2.76. The van der Waals surface area contributed by atoms with E-state index < -0.39 is 0 Å². The highest BCUT2D eigenvalue weighted by Crippen LogP contribution is 2.20. The highest BCUT2D eigenvalue weighted by atomic mass is 16.1. The lowest BCUT2D eigenvalue weighted by molar-refractivity contribution is 0.112. The van der Waals surface area contributed by atoms with E-state index in [0.717, 1.165) is 22.8 Å². The van der Waals surface area contributed by atoms with Crippen LogP contribution in [0.5, 0.6) is 0 Å². The monoisotopic (exact) mass is 212 g/mol. The van der Waals surface area contributed by atoms with E-state index in [9.17, 15) is 4.79 Å². The number of fused-ring (bicyclic) bond motifs is 3. The molecule has 16 heavy (non-hydrogen) atoms. The number of tetrazole rings is 1. The van der Waals surface area contributed by atoms with E-state index in [2.05, 4.69) is 15.5 Å². The second-order valence-electron chi connectivity index (χ2n) is 3.64. The highest BCUT2D eigenvalue weighted by Gasteiger charge is 2.10. The molecule has 0 amide bonds. The molecule has 2 aromatic heterocycles. The van der Waals surface area contributed by atoms with E-state index in [-0.39, 0.29) is 0 Å². The molecule has 5 nitrogen and oxygen atoms in total. The van der Waals surface area contributed by atoms with Gasteiger partial charge in [0.25, 0.3) is 0 Å². The van der Waals surface area contributed by atoms with Crippen molar-refractivity contribution in [1.82, 2.24) is 20.0 Å². The minimum absolute atomic E-state index is 0.497. The van der Waals surface area contributed by atoms with Gasteiger partial charge in [-0.2, -0.15) is 4.52 Å². The summed E-state index contributed by atoms with van der Waals surface area (Å²) in [5.74, 6) is 0. The largest absolute Gasteiger partial charge is 0.298 e. The molecule has 0 saturated carbocycles. The Labute approximate surface area is 90.7 Å². The normalized spacial score (nSPS) is 11.1. The van der Waals surface area contributed by atoms with Gasteiger partial charge in [0.1, 0.15) is 0 Å². The lowest BCUT2D eigenvalue weighted by Crippen LogP contribution is -1.97. The van der Waals surface area contributed by atoms with Crippen molar-refractivity contribution in [3.8, 4) is 0 Å². The van der Waals surface area contributed by atoms with E-state index in [1.165, 1.54) is 0 Å². The van der Waals surface area contributed by atoms with Gasteiger partial charge in [-0.1, -0.05) is 18.2 Å². The molecule has 0 atom stereocenters. The standard InChI is InChI=1S/C11H8N4O/c1-7-3-2-4-8-5-9(6-16)11-12-13-14-15(11)10(7)8/h2-6H,1H3. The Morgan fingerprint density at radius 2 is 2.25 bits per heavy atom. The molecule has 5 heteroatoms. The molecular formula is C11H8N4O. The van der Waals surface area contributed by atoms with Crippen molar-refractivity contribution in [2.24, 2.45) is 0 Å². The third kappa shape index (κ3) is 1.05. The van der Waals surface area contributed by atoms with Crippen molar-refractivity contribution in [2.75, 3.05) is 0 Å². The fourth-order valence-electron chi connectivity index (χ4n) is 1.92. The molecular weight excluding hydrogens is 204 g/mol. The number of benzene rings is 1. The zero-order valence-electron chi connectivity index (χ0n) is 8.58. The highest BCUT2D eigenvalue weighted by molar-refractivity contribution is 5.94. The number of para-hydroxylation sites is 1. The maximum Gasteiger partial charge on any atom is 0.190 e. The topological polar surface area (TPSA) is 60.2 Å². The molecule has 0 aliphatic heterocycles. The number of carbonyl (C=O) groups excluding carboxylic acids is 1. The van der Waals surface area contributed by atoms with Crippen molar-refractivity contribution < 1.29 is 4.79 Å². The molecule has 0 bridgehead atoms. The van der Waals surface area contributed by atoms with Gasteiger partial charge in [-0.25, -0.2) is 0 Å². The molecule has 3 aromatic rings. The molecule has 0 aliphatic carbocycles. The molecule has 3 rings (SSSR count). The van der Waals surface area contributed by atoms with Crippen LogP contribution >= 0.6 is 0 Å². The molecule has 2 heterocycles. The lowest BCUT2D eigenvalue weighted by atomic mass is 10.1. The maximum atomic E-state index is 10.9. The summed E-state index contributed by atoms with van der Waals surface area (Å²) in [4.78, 5) is 10.9. The Balaban J connectivity index is 2.65. The van der Waals surface area contributed by atoms with Crippen molar-refractivity contribution >= 4 is 22.8 Å². The Morgan fingerprint density at radius 1 is 1.38 bits per heavy atom. The van der Waals surface area contributed by atoms with Crippen LogP contribution in [0.3, 0.4) is 0 Å². The van der Waals surface area contributed by atoms with Gasteiger partial charge in [0.05, 0.1) is 11.1 Å². The van der Waals surface area contributed by atoms with Crippen molar-refractivity contribution in [2.45, 2.75) is 6.92 Å². The first-order valence-electron chi connectivity index (χ1n) is 4.87. The van der Waals surface area contributed by atoms with Gasteiger partial charge in [-0.3, -0.25) is 4.79 Å². The lowest BCUT2D eigenvalue weighted by Gasteiger charge is -2.04. The van der Waals surface area contributed by atoms with Crippen LogP contribution in [-0.4, -0.2) is 26.3 Å². The number of carbonyl (C=O) groups is 1. The molecule has 78 valence electrons. The fourth-order valence-corrected chi connectivity index (χ4v) is 1.92. The quantitative estimate of drug-likeness (QED) is 0.572. The van der Waals surface area contributed by atoms with Crippen LogP contribution in [0, 0.1) is 6.92 Å². The Kier molecular flexibility index (Phi) is 1.73. The number of hydrogen-bond acceptors (Lipinski definition) is 4. The zero-order valence-corrected chi connectivity index (χ0v) is 8.58. The summed E-state index contributed by atoms with van der Waals surface area (Å²) >= 11 is 0. The third-order valence-electron chi connectivity index (χ3n) is 2.65. The molecule has 1 aromatic carbocycles. The molecule has 0 saturated heterocycles. The predicted octanol–water partition coefficient (Wildman–Crippen LogP) is 1.40. The van der Waals surface area contributed by atoms with E-state index >= 15 is 0 Å². The van der Waals surface area contributed by atoms with Crippen LogP contribution in [0.1, 0.15) is 15.9 Å². The van der Waals surface area contributed by atoms with Crippen molar-refractivity contribution in [3.63, 3.8) is 0 Å². The van der Waals surface area contributed by atoms with Gasteiger partial charge in [0, 0.05) is 5.39 Å². The second-order valence-corrected chi connectivity index (χ2v) is 3.64. The predicted molar refractivity (Wildman–Crippen MR) is 58.4 cm³/mol. The summed E-state index contributed by atoms with van der Waals surface area (Å²) in [6.07, 6.45) is 0.771. The zero-order chi connectivity index (χ0) is 11.1. The maximum absolute atomic E-state index is 10.9. The van der Waals surface area contributed by atoms with Gasteiger partial charge in [0.2, 0.25) is 0 Å². The van der Waals surface area contributed by atoms with Crippen LogP contribution in [0.15, 0.2) is 24.3 Å². The number of aryl methyl sites for hydroxylation is 1. The second kappa shape index (κ2) is 3.10. The van der Waals surface area contributed by atoms with Gasteiger partial charge >= 0.3 is 0 Å². The molecule has 0 aliphatic rings. The minimum Gasteiger partial charge on any atom is -0.298 e. The number of hydrogen-bond donors (Lipinski definition) is 0. The third-order valence-corrected chi connectivity index (χ3v) is 2.65. The SMILES string of the molecule is Cc1cccc2cc(C=O)c3nnnn3c12. The van der Waals surface area contributed by atoms with E-state index in [1.807, 2.05) is 25.1 Å². The Morgan fingerprint density at radius 3 is 3.06 bits per heavy atom. The van der Waals surface area contributed by atoms with Crippen LogP contribution in [0.4, 0.5) is 0 Å². The Hall–Kier alpha value is -2.30. The summed E-state index contributed by atoms with van der Waals surface area (Å²) in [7, 11) is 0. The number of rotatable bonds is 1. The average molecular weight is 212 g/mol. The first-order valence-corrected chi connectivity index (χ1v) is 4.87. The van der Waals surface area contributed by atoms with Crippen LogP contribution in [0.2, 0.25) is 0 Å². The van der Waals surface area contributed by atoms with Gasteiger partial charge in [-0.05, 0) is 29.0 Å². The number of pyridine rings is 1. The molecule has 0 radical (unpaired) electrons. The van der Waals surface area contributed by atoms with Crippen molar-refractivity contribution in [1.29, 1.82) is 0 Å². The summed E-state index contributed by atoms with van der Waals surface area (Å²) in [6, 6.07) is 7.68. The number of aromatic nitrogens is 4. The summed E-state index contributed by atoms with van der Waals surface area (Å²) in [6.45, 7) is 1.99. The van der Waals surface area contributed by atoms with Crippen LogP contribution in [0.25, 0.3) is 16.6 Å². The molecule has 0 fully saturated rings. The first kappa shape index (κ1) is 8.96. The van der Waals surface area contributed by atoms with E-state index in [4.69, 9.17) is 0 Å². The van der Waals surface area contributed by atoms with Gasteiger partial charge in [-0.15, -0.1) is 5.10 Å². The summed E-state index contributed by atoms with van der Waals surface area (Å²) in [5, 5.41) is 12.3. The van der Waals surface area contributed by atoms with Crippen LogP contribution in [-0.2, 0) is 0 Å². The molecule has 0 N–H and O–H groups in total. The van der Waals surface area contributed by atoms with E-state index in [0.29, 0.717) is 11.2 Å². The first-order chi connectivity index (χ1) is 7.81. The van der Waals surface area contributed by atoms with E-state index in [1.54, 1.807) is 10.6 Å². The van der Waals surface area contributed by atoms with Gasteiger partial charge < -0.3 is 0 Å². The summed E-state index contributed by atoms with van der Waals surface area (Å²) in [5.41, 5.74) is 3.01. The smallest absolute Gasteiger partial charge is 0.190 e. The Bertz CT molecular complexity index is 702. The fraction of sp³-hybridized carbons (Fsp3) is 0.0909. The van der Waals surface area contributed by atoms with Crippen LogP contribution < -0.4 is 0 Å². The number of nitrogens with zero attached hydrogens (tertiary/aromatic N) is 4. The molecule has 0 spiro atoms. The summed E-state index contributed by atoms with van der Waals surface area (Å²) < 4.78 is 1.61. The minimum atomic E-state index is 0.497. The van der Waals surface area contributed by atoms with Gasteiger partial charge in [0.15, 0.2) is 11.9 Å². The molecule has 0 unspecified atom stereocenters. The number of aldehydes is 1.